The Labute approximate surface area is 125 Å². The van der Waals surface area contributed by atoms with Gasteiger partial charge in [0.15, 0.2) is 0 Å². The zero-order valence-electron chi connectivity index (χ0n) is 12.4. The van der Waals surface area contributed by atoms with Crippen molar-refractivity contribution >= 4 is 12.0 Å². The number of hydrogen-bond donors (Lipinski definition) is 1. The van der Waals surface area contributed by atoms with Crippen LogP contribution in [0.3, 0.4) is 0 Å². The van der Waals surface area contributed by atoms with Gasteiger partial charge in [0.25, 0.3) is 0 Å². The number of ether oxygens (including phenoxy) is 1. The first kappa shape index (κ1) is 14.3. The fourth-order valence-electron chi connectivity index (χ4n) is 3.86. The minimum absolute atomic E-state index is 0.0525. The second-order valence-electron chi connectivity index (χ2n) is 6.21. The number of esters is 1. The van der Waals surface area contributed by atoms with Crippen molar-refractivity contribution in [3.05, 3.63) is 41.5 Å². The molecule has 3 atom stereocenters. The van der Waals surface area contributed by atoms with Gasteiger partial charge in [-0.25, -0.2) is 0 Å². The fourth-order valence-corrected chi connectivity index (χ4v) is 3.86. The van der Waals surface area contributed by atoms with Crippen LogP contribution in [0.15, 0.2) is 30.3 Å². The SMILES string of the molecule is COC(=O)C1Cc2ccccc2/C=C\C2(O)CCCCC12. The number of methoxy groups -OCH3 is 1. The van der Waals surface area contributed by atoms with Gasteiger partial charge in [-0.3, -0.25) is 4.79 Å². The van der Waals surface area contributed by atoms with E-state index < -0.39 is 5.60 Å². The third-order valence-electron chi connectivity index (χ3n) is 5.02. The zero-order valence-corrected chi connectivity index (χ0v) is 12.4. The van der Waals surface area contributed by atoms with Crippen molar-refractivity contribution in [3.63, 3.8) is 0 Å². The van der Waals surface area contributed by atoms with E-state index in [-0.39, 0.29) is 17.8 Å². The maximum atomic E-state index is 12.3. The molecule has 0 aromatic heterocycles. The van der Waals surface area contributed by atoms with Crippen molar-refractivity contribution in [2.24, 2.45) is 11.8 Å². The molecule has 1 fully saturated rings. The number of aliphatic hydroxyl groups is 1. The highest BCUT2D eigenvalue weighted by atomic mass is 16.5. The van der Waals surface area contributed by atoms with Crippen LogP contribution in [0.25, 0.3) is 6.08 Å². The zero-order chi connectivity index (χ0) is 14.9. The van der Waals surface area contributed by atoms with E-state index in [1.807, 2.05) is 30.4 Å². The highest BCUT2D eigenvalue weighted by Crippen LogP contribution is 2.43. The molecule has 1 aromatic carbocycles. The van der Waals surface area contributed by atoms with Gasteiger partial charge in [-0.05, 0) is 30.4 Å². The van der Waals surface area contributed by atoms with E-state index >= 15 is 0 Å². The summed E-state index contributed by atoms with van der Waals surface area (Å²) in [5.74, 6) is -0.528. The number of carbonyl (C=O) groups excluding carboxylic acids is 1. The Morgan fingerprint density at radius 2 is 2.14 bits per heavy atom. The Bertz CT molecular complexity index is 563. The lowest BCUT2D eigenvalue weighted by molar-refractivity contribution is -0.152. The van der Waals surface area contributed by atoms with Gasteiger partial charge in [0.2, 0.25) is 0 Å². The van der Waals surface area contributed by atoms with Gasteiger partial charge in [0.1, 0.15) is 0 Å². The highest BCUT2D eigenvalue weighted by molar-refractivity contribution is 5.74. The Morgan fingerprint density at radius 1 is 1.33 bits per heavy atom. The van der Waals surface area contributed by atoms with Crippen LogP contribution in [0.1, 0.15) is 36.8 Å². The summed E-state index contributed by atoms with van der Waals surface area (Å²) in [5.41, 5.74) is 1.35. The third kappa shape index (κ3) is 2.62. The molecule has 2 aliphatic rings. The molecule has 0 amide bonds. The van der Waals surface area contributed by atoms with Gasteiger partial charge >= 0.3 is 5.97 Å². The van der Waals surface area contributed by atoms with Gasteiger partial charge in [0, 0.05) is 5.92 Å². The summed E-state index contributed by atoms with van der Waals surface area (Å²) < 4.78 is 5.02. The Hall–Kier alpha value is -1.61. The van der Waals surface area contributed by atoms with E-state index in [1.54, 1.807) is 0 Å². The predicted octanol–water partition coefficient (Wildman–Crippen LogP) is 2.97. The summed E-state index contributed by atoms with van der Waals surface area (Å²) in [6, 6.07) is 8.07. The van der Waals surface area contributed by atoms with Crippen LogP contribution in [-0.2, 0) is 16.0 Å². The lowest BCUT2D eigenvalue weighted by Crippen LogP contribution is -2.46. The van der Waals surface area contributed by atoms with Crippen LogP contribution < -0.4 is 0 Å². The van der Waals surface area contributed by atoms with E-state index in [9.17, 15) is 9.90 Å². The van der Waals surface area contributed by atoms with Crippen LogP contribution in [0.2, 0.25) is 0 Å². The molecule has 0 spiro atoms. The molecular weight excluding hydrogens is 264 g/mol. The minimum Gasteiger partial charge on any atom is -0.469 e. The maximum Gasteiger partial charge on any atom is 0.309 e. The Morgan fingerprint density at radius 3 is 2.95 bits per heavy atom. The first-order valence-corrected chi connectivity index (χ1v) is 7.71. The maximum absolute atomic E-state index is 12.3. The normalized spacial score (nSPS) is 33.0. The van der Waals surface area contributed by atoms with Crippen LogP contribution in [-0.4, -0.2) is 23.8 Å². The number of carbonyl (C=O) groups is 1. The lowest BCUT2D eigenvalue weighted by Gasteiger charge is -2.42. The van der Waals surface area contributed by atoms with Crippen molar-refractivity contribution in [2.45, 2.75) is 37.7 Å². The van der Waals surface area contributed by atoms with E-state index in [0.29, 0.717) is 6.42 Å². The topological polar surface area (TPSA) is 46.5 Å². The summed E-state index contributed by atoms with van der Waals surface area (Å²) >= 11 is 0. The number of benzene rings is 1. The van der Waals surface area contributed by atoms with E-state index in [0.717, 1.165) is 36.8 Å². The minimum atomic E-state index is -0.884. The first-order valence-electron chi connectivity index (χ1n) is 7.71. The van der Waals surface area contributed by atoms with E-state index in [1.165, 1.54) is 7.11 Å². The second-order valence-corrected chi connectivity index (χ2v) is 6.21. The standard InChI is InChI=1S/C18H22O3/c1-21-17(19)15-12-14-7-3-2-6-13(14)9-11-18(20)10-5-4-8-16(15)18/h2-3,6-7,9,11,15-16,20H,4-5,8,10,12H2,1H3/b11-9-. The van der Waals surface area contributed by atoms with Gasteiger partial charge in [0.05, 0.1) is 18.6 Å². The average Bonchev–Trinajstić information content (AvgIpc) is 2.50. The summed E-state index contributed by atoms with van der Waals surface area (Å²) in [4.78, 5) is 12.3. The molecule has 1 saturated carbocycles. The Balaban J connectivity index is 2.07. The molecular formula is C18H22O3. The lowest BCUT2D eigenvalue weighted by atomic mass is 9.66. The molecule has 0 heterocycles. The molecule has 1 N–H and O–H groups in total. The summed E-state index contributed by atoms with van der Waals surface area (Å²) in [6.45, 7) is 0. The van der Waals surface area contributed by atoms with E-state index in [2.05, 4.69) is 6.07 Å². The summed E-state index contributed by atoms with van der Waals surface area (Å²) in [6.07, 6.45) is 8.24. The van der Waals surface area contributed by atoms with E-state index in [4.69, 9.17) is 4.74 Å². The molecule has 0 saturated heterocycles. The number of hydrogen-bond acceptors (Lipinski definition) is 3. The number of rotatable bonds is 1. The average molecular weight is 286 g/mol. The Kier molecular flexibility index (Phi) is 3.85. The fraction of sp³-hybridized carbons (Fsp3) is 0.500. The monoisotopic (exact) mass is 286 g/mol. The van der Waals surface area contributed by atoms with Gasteiger partial charge in [-0.15, -0.1) is 0 Å². The summed E-state index contributed by atoms with van der Waals surface area (Å²) in [5, 5.41) is 11.0. The predicted molar refractivity (Wildman–Crippen MR) is 81.6 cm³/mol. The van der Waals surface area contributed by atoms with Crippen molar-refractivity contribution in [2.75, 3.05) is 7.11 Å². The van der Waals surface area contributed by atoms with Crippen LogP contribution >= 0.6 is 0 Å². The molecule has 2 aliphatic carbocycles. The third-order valence-corrected chi connectivity index (χ3v) is 5.02. The quantitative estimate of drug-likeness (QED) is 0.807. The number of fused-ring (bicyclic) bond motifs is 2. The van der Waals surface area contributed by atoms with Gasteiger partial charge in [-0.1, -0.05) is 49.3 Å². The molecule has 0 aliphatic heterocycles. The van der Waals surface area contributed by atoms with Gasteiger partial charge in [-0.2, -0.15) is 0 Å². The van der Waals surface area contributed by atoms with Crippen molar-refractivity contribution in [1.82, 2.24) is 0 Å². The highest BCUT2D eigenvalue weighted by Gasteiger charge is 2.45. The van der Waals surface area contributed by atoms with Crippen molar-refractivity contribution < 1.29 is 14.6 Å². The molecule has 3 heteroatoms. The molecule has 3 rings (SSSR count). The van der Waals surface area contributed by atoms with Crippen LogP contribution in [0, 0.1) is 11.8 Å². The van der Waals surface area contributed by atoms with Crippen LogP contribution in [0.4, 0.5) is 0 Å². The molecule has 3 nitrogen and oxygen atoms in total. The second kappa shape index (κ2) is 5.64. The van der Waals surface area contributed by atoms with Gasteiger partial charge < -0.3 is 9.84 Å². The van der Waals surface area contributed by atoms with Crippen LogP contribution in [0.5, 0.6) is 0 Å². The largest absolute Gasteiger partial charge is 0.469 e. The van der Waals surface area contributed by atoms with Crippen molar-refractivity contribution in [3.8, 4) is 0 Å². The molecule has 112 valence electrons. The molecule has 0 radical (unpaired) electrons. The molecule has 1 aromatic rings. The molecule has 3 unspecified atom stereocenters. The first-order chi connectivity index (χ1) is 10.1. The summed E-state index contributed by atoms with van der Waals surface area (Å²) in [7, 11) is 1.44. The molecule has 0 bridgehead atoms. The van der Waals surface area contributed by atoms with Crippen molar-refractivity contribution in [1.29, 1.82) is 0 Å². The molecule has 21 heavy (non-hydrogen) atoms. The smallest absolute Gasteiger partial charge is 0.309 e.